The number of phosphoric acid groups is 1. The standard InChI is InChI=1S/C38H53FN5O9P/c1-3-4-5-6-7-8-9-10-11-12-13-14-17-49-23-32(50-22-30-18-29(21-40)19-31(39)20-30)24-51-54(47,48)52-25-34-36(45)37(46)38(26-41,53-34)35-16-15-33-28(2)42-27-43-44(33)35/h15-16,18-20,27,32,34,36-37,45-46H,3-14,17,22-25H2,1-2H3,(H,47,48)/t32-,34-,36-,37-,38+/m1/s1. The molecule has 1 aliphatic rings. The van der Waals surface area contributed by atoms with Crippen LogP contribution in [0.1, 0.15) is 106 Å². The van der Waals surface area contributed by atoms with Gasteiger partial charge in [0.15, 0.2) is 0 Å². The summed E-state index contributed by atoms with van der Waals surface area (Å²) < 4.78 is 56.3. The fourth-order valence-electron chi connectivity index (χ4n) is 6.45. The number of hydrogen-bond donors (Lipinski definition) is 3. The van der Waals surface area contributed by atoms with Crippen molar-refractivity contribution in [1.82, 2.24) is 14.6 Å². The maximum Gasteiger partial charge on any atom is 0.472 e. The third kappa shape index (κ3) is 12.3. The number of unbranched alkanes of at least 4 members (excludes halogenated alkanes) is 11. The molecule has 1 aromatic carbocycles. The molecule has 1 saturated heterocycles. The molecule has 0 bridgehead atoms. The van der Waals surface area contributed by atoms with Crippen LogP contribution in [0.3, 0.4) is 0 Å². The van der Waals surface area contributed by atoms with E-state index in [0.717, 1.165) is 25.3 Å². The number of ether oxygens (including phenoxy) is 3. The van der Waals surface area contributed by atoms with E-state index in [1.807, 2.05) is 12.1 Å². The molecule has 14 nitrogen and oxygen atoms in total. The molecule has 1 unspecified atom stereocenters. The Morgan fingerprint density at radius 2 is 1.69 bits per heavy atom. The Bertz CT molecular complexity index is 1750. The molecule has 0 saturated carbocycles. The second-order valence-electron chi connectivity index (χ2n) is 13.7. The minimum Gasteiger partial charge on any atom is -0.387 e. The number of phosphoric ester groups is 1. The molecule has 0 aliphatic carbocycles. The number of aryl methyl sites for hydroxylation is 1. The second-order valence-corrected chi connectivity index (χ2v) is 15.2. The summed E-state index contributed by atoms with van der Waals surface area (Å²) in [6.45, 7) is 3.09. The topological polar surface area (TPSA) is 202 Å². The predicted octanol–water partition coefficient (Wildman–Crippen LogP) is 6.32. The molecule has 296 valence electrons. The van der Waals surface area contributed by atoms with Gasteiger partial charge >= 0.3 is 7.82 Å². The smallest absolute Gasteiger partial charge is 0.387 e. The molecule has 2 aromatic heterocycles. The van der Waals surface area contributed by atoms with Crippen LogP contribution in [0.25, 0.3) is 5.52 Å². The molecule has 3 aromatic rings. The van der Waals surface area contributed by atoms with Crippen molar-refractivity contribution in [2.75, 3.05) is 26.4 Å². The van der Waals surface area contributed by atoms with Crippen molar-refractivity contribution in [2.24, 2.45) is 0 Å². The summed E-state index contributed by atoms with van der Waals surface area (Å²) in [6, 6.07) is 10.8. The number of nitriles is 2. The van der Waals surface area contributed by atoms with Crippen LogP contribution in [0.5, 0.6) is 0 Å². The van der Waals surface area contributed by atoms with Gasteiger partial charge in [0, 0.05) is 6.61 Å². The lowest BCUT2D eigenvalue weighted by atomic mass is 9.92. The Morgan fingerprint density at radius 1 is 1.00 bits per heavy atom. The highest BCUT2D eigenvalue weighted by molar-refractivity contribution is 7.47. The number of hydrogen-bond acceptors (Lipinski definition) is 12. The molecule has 1 aliphatic heterocycles. The van der Waals surface area contributed by atoms with E-state index < -0.39 is 56.9 Å². The van der Waals surface area contributed by atoms with E-state index in [-0.39, 0.29) is 24.5 Å². The van der Waals surface area contributed by atoms with Gasteiger partial charge in [-0.05, 0) is 49.2 Å². The predicted molar refractivity (Wildman–Crippen MR) is 195 cm³/mol. The van der Waals surface area contributed by atoms with Gasteiger partial charge in [0.2, 0.25) is 5.60 Å². The Hall–Kier alpha value is -3.34. The van der Waals surface area contributed by atoms with Crippen molar-refractivity contribution in [3.63, 3.8) is 0 Å². The summed E-state index contributed by atoms with van der Waals surface area (Å²) in [5.74, 6) is -0.604. The van der Waals surface area contributed by atoms with Crippen LogP contribution in [-0.2, 0) is 40.0 Å². The molecule has 6 atom stereocenters. The number of aliphatic hydroxyl groups excluding tert-OH is 2. The Labute approximate surface area is 316 Å². The summed E-state index contributed by atoms with van der Waals surface area (Å²) in [6.07, 6.45) is 10.0. The van der Waals surface area contributed by atoms with Crippen LogP contribution in [0, 0.1) is 35.4 Å². The monoisotopic (exact) mass is 773 g/mol. The summed E-state index contributed by atoms with van der Waals surface area (Å²) in [7, 11) is -4.81. The van der Waals surface area contributed by atoms with Crippen LogP contribution < -0.4 is 0 Å². The third-order valence-corrected chi connectivity index (χ3v) is 10.4. The highest BCUT2D eigenvalue weighted by atomic mass is 31.2. The van der Waals surface area contributed by atoms with E-state index in [1.165, 1.54) is 86.8 Å². The van der Waals surface area contributed by atoms with Gasteiger partial charge in [0.25, 0.3) is 0 Å². The first-order chi connectivity index (χ1) is 26.0. The third-order valence-electron chi connectivity index (χ3n) is 9.49. The summed E-state index contributed by atoms with van der Waals surface area (Å²) >= 11 is 0. The Morgan fingerprint density at radius 3 is 2.35 bits per heavy atom. The van der Waals surface area contributed by atoms with Crippen molar-refractivity contribution in [3.8, 4) is 12.1 Å². The van der Waals surface area contributed by atoms with Crippen LogP contribution >= 0.6 is 7.82 Å². The van der Waals surface area contributed by atoms with Gasteiger partial charge in [-0.25, -0.2) is 18.5 Å². The molecule has 0 radical (unpaired) electrons. The van der Waals surface area contributed by atoms with Gasteiger partial charge in [-0.2, -0.15) is 15.6 Å². The van der Waals surface area contributed by atoms with Gasteiger partial charge in [-0.3, -0.25) is 9.05 Å². The first kappa shape index (κ1) is 43.4. The lowest BCUT2D eigenvalue weighted by Crippen LogP contribution is -2.41. The van der Waals surface area contributed by atoms with Gasteiger partial charge in [-0.15, -0.1) is 0 Å². The fraction of sp³-hybridized carbons (Fsp3) is 0.632. The van der Waals surface area contributed by atoms with Crippen LogP contribution in [0.2, 0.25) is 0 Å². The van der Waals surface area contributed by atoms with Crippen LogP contribution in [0.4, 0.5) is 4.39 Å². The molecule has 0 amide bonds. The summed E-state index contributed by atoms with van der Waals surface area (Å²) in [5, 5.41) is 45.3. The summed E-state index contributed by atoms with van der Waals surface area (Å²) in [5.41, 5.74) is -0.286. The van der Waals surface area contributed by atoms with Gasteiger partial charge in [-0.1, -0.05) is 77.6 Å². The van der Waals surface area contributed by atoms with Gasteiger partial charge < -0.3 is 29.3 Å². The Kier molecular flexibility index (Phi) is 17.4. The Balaban J connectivity index is 1.27. The zero-order valence-electron chi connectivity index (χ0n) is 31.1. The van der Waals surface area contributed by atoms with Crippen LogP contribution in [0.15, 0.2) is 36.7 Å². The molecular formula is C38H53FN5O9P. The number of aromatic nitrogens is 3. The highest BCUT2D eigenvalue weighted by Crippen LogP contribution is 2.46. The first-order valence-electron chi connectivity index (χ1n) is 18.8. The SMILES string of the molecule is CCCCCCCCCCCCCCOC[C@H](COP(=O)(O)OC[C@H]1O[C@@](C#N)(c2ccc3c(C)ncnn23)[C@H](O)[C@@H]1O)OCc1cc(F)cc(C#N)c1. The lowest BCUT2D eigenvalue weighted by Gasteiger charge is -2.24. The van der Waals surface area contributed by atoms with Crippen molar-refractivity contribution < 1.29 is 47.3 Å². The highest BCUT2D eigenvalue weighted by Gasteiger charge is 2.58. The minimum absolute atomic E-state index is 0.00587. The number of aliphatic hydroxyl groups is 2. The number of rotatable bonds is 25. The lowest BCUT2D eigenvalue weighted by molar-refractivity contribution is -0.0690. The molecule has 4 rings (SSSR count). The van der Waals surface area contributed by atoms with Crippen molar-refractivity contribution >= 4 is 13.3 Å². The second kappa shape index (κ2) is 21.7. The number of nitrogens with zero attached hydrogens (tertiary/aromatic N) is 5. The van der Waals surface area contributed by atoms with Crippen molar-refractivity contribution in [1.29, 1.82) is 10.5 Å². The van der Waals surface area contributed by atoms with Gasteiger partial charge in [0.1, 0.15) is 42.6 Å². The van der Waals surface area contributed by atoms with E-state index in [0.29, 0.717) is 23.4 Å². The van der Waals surface area contributed by atoms with E-state index in [1.54, 1.807) is 13.0 Å². The van der Waals surface area contributed by atoms with Crippen LogP contribution in [-0.4, -0.2) is 80.5 Å². The minimum atomic E-state index is -4.81. The van der Waals surface area contributed by atoms with E-state index in [2.05, 4.69) is 17.0 Å². The zero-order chi connectivity index (χ0) is 39.0. The normalized spacial score (nSPS) is 21.5. The quantitative estimate of drug-likeness (QED) is 0.0638. The average Bonchev–Trinajstić information content (AvgIpc) is 3.71. The molecule has 16 heteroatoms. The molecule has 1 fully saturated rings. The first-order valence-corrected chi connectivity index (χ1v) is 20.3. The van der Waals surface area contributed by atoms with E-state index >= 15 is 0 Å². The van der Waals surface area contributed by atoms with E-state index in [4.69, 9.17) is 23.3 Å². The van der Waals surface area contributed by atoms with E-state index in [9.17, 15) is 34.6 Å². The average molecular weight is 774 g/mol. The molecule has 0 spiro atoms. The summed E-state index contributed by atoms with van der Waals surface area (Å²) in [4.78, 5) is 14.7. The van der Waals surface area contributed by atoms with Gasteiger partial charge in [0.05, 0.1) is 55.0 Å². The molecular weight excluding hydrogens is 720 g/mol. The molecule has 3 N–H and O–H groups in total. The molecule has 3 heterocycles. The van der Waals surface area contributed by atoms with Crippen molar-refractivity contribution in [2.45, 2.75) is 128 Å². The maximum atomic E-state index is 14.0. The fourth-order valence-corrected chi connectivity index (χ4v) is 7.22. The largest absolute Gasteiger partial charge is 0.472 e. The number of fused-ring (bicyclic) bond motifs is 1. The number of halogens is 1. The molecule has 54 heavy (non-hydrogen) atoms. The van der Waals surface area contributed by atoms with Crippen molar-refractivity contribution in [3.05, 3.63) is 65.0 Å². The number of benzene rings is 1. The zero-order valence-corrected chi connectivity index (χ0v) is 32.0. The maximum absolute atomic E-state index is 14.0.